The average Bonchev–Trinajstić information content (AvgIpc) is 2.52. The standard InChI is InChI=1S/C13H11N3O8/c1-12(16(23)24)10(15(21)22)9(14(19)20)7-13(18,11(12)17)8-5-3-2-4-6-8/h2-7,10,18H,1H3. The smallest absolute Gasteiger partial charge is 0.373 e. The maximum absolute atomic E-state index is 12.6. The molecule has 1 aliphatic rings. The molecule has 2 rings (SSSR count). The molecule has 0 aromatic heterocycles. The maximum Gasteiger partial charge on any atom is 0.376 e. The van der Waals surface area contributed by atoms with Crippen LogP contribution in [0.5, 0.6) is 0 Å². The molecule has 126 valence electrons. The first-order valence-electron chi connectivity index (χ1n) is 6.54. The number of hydrogen-bond donors (Lipinski definition) is 1. The van der Waals surface area contributed by atoms with Crippen molar-refractivity contribution in [3.8, 4) is 0 Å². The second-order valence-electron chi connectivity index (χ2n) is 5.38. The van der Waals surface area contributed by atoms with E-state index in [9.17, 15) is 40.2 Å². The summed E-state index contributed by atoms with van der Waals surface area (Å²) in [4.78, 5) is 42.7. The van der Waals surface area contributed by atoms with Crippen LogP contribution in [0.15, 0.2) is 42.1 Å². The van der Waals surface area contributed by atoms with E-state index in [-0.39, 0.29) is 5.56 Å². The fourth-order valence-electron chi connectivity index (χ4n) is 2.71. The molecule has 1 N–H and O–H groups in total. The first-order chi connectivity index (χ1) is 11.1. The molecule has 0 heterocycles. The van der Waals surface area contributed by atoms with Gasteiger partial charge in [0.05, 0.1) is 4.92 Å². The lowest BCUT2D eigenvalue weighted by Gasteiger charge is -2.33. The van der Waals surface area contributed by atoms with Gasteiger partial charge < -0.3 is 5.11 Å². The van der Waals surface area contributed by atoms with Gasteiger partial charge in [-0.15, -0.1) is 0 Å². The van der Waals surface area contributed by atoms with Crippen LogP contribution >= 0.6 is 0 Å². The van der Waals surface area contributed by atoms with Gasteiger partial charge >= 0.3 is 17.3 Å². The maximum atomic E-state index is 12.6. The minimum atomic E-state index is -3.01. The number of ketones is 1. The number of aliphatic hydroxyl groups is 1. The number of carbonyl (C=O) groups excluding carboxylic acids is 1. The largest absolute Gasteiger partial charge is 0.376 e. The van der Waals surface area contributed by atoms with Crippen molar-refractivity contribution in [3.63, 3.8) is 0 Å². The Morgan fingerprint density at radius 2 is 1.62 bits per heavy atom. The van der Waals surface area contributed by atoms with Gasteiger partial charge in [-0.1, -0.05) is 30.3 Å². The van der Waals surface area contributed by atoms with E-state index < -0.39 is 43.4 Å². The molecule has 1 aromatic rings. The van der Waals surface area contributed by atoms with Crippen LogP contribution in [0.1, 0.15) is 12.5 Å². The Morgan fingerprint density at radius 3 is 2.04 bits per heavy atom. The number of carbonyl (C=O) groups is 1. The molecule has 24 heavy (non-hydrogen) atoms. The molecule has 0 amide bonds. The summed E-state index contributed by atoms with van der Waals surface area (Å²) in [6.45, 7) is 0.604. The van der Waals surface area contributed by atoms with Crippen LogP contribution in [-0.4, -0.2) is 37.2 Å². The Balaban J connectivity index is 2.85. The molecule has 3 atom stereocenters. The summed E-state index contributed by atoms with van der Waals surface area (Å²) in [5.41, 5.74) is -7.11. The van der Waals surface area contributed by atoms with Crippen LogP contribution in [0, 0.1) is 30.3 Å². The Hall–Kier alpha value is -3.21. The highest BCUT2D eigenvalue weighted by atomic mass is 16.7. The molecule has 0 fully saturated rings. The summed E-state index contributed by atoms with van der Waals surface area (Å²) in [7, 11) is 0. The third-order valence-corrected chi connectivity index (χ3v) is 3.99. The van der Waals surface area contributed by atoms with Crippen LogP contribution in [0.4, 0.5) is 0 Å². The molecular formula is C13H11N3O8. The molecule has 11 nitrogen and oxygen atoms in total. The zero-order chi connectivity index (χ0) is 18.3. The first kappa shape index (κ1) is 17.1. The van der Waals surface area contributed by atoms with Gasteiger partial charge in [-0.2, -0.15) is 0 Å². The van der Waals surface area contributed by atoms with E-state index in [1.54, 1.807) is 0 Å². The van der Waals surface area contributed by atoms with Crippen LogP contribution in [0.25, 0.3) is 0 Å². The van der Waals surface area contributed by atoms with Crippen LogP contribution < -0.4 is 0 Å². The third-order valence-electron chi connectivity index (χ3n) is 3.99. The molecule has 1 aliphatic carbocycles. The predicted molar refractivity (Wildman–Crippen MR) is 76.6 cm³/mol. The van der Waals surface area contributed by atoms with Crippen molar-refractivity contribution in [2.45, 2.75) is 24.1 Å². The fourth-order valence-corrected chi connectivity index (χ4v) is 2.71. The summed E-state index contributed by atoms with van der Waals surface area (Å²) >= 11 is 0. The zero-order valence-corrected chi connectivity index (χ0v) is 12.2. The summed E-state index contributed by atoms with van der Waals surface area (Å²) < 4.78 is 0. The van der Waals surface area contributed by atoms with Crippen molar-refractivity contribution in [1.82, 2.24) is 0 Å². The predicted octanol–water partition coefficient (Wildman–Crippen LogP) is 0.298. The molecule has 0 saturated heterocycles. The van der Waals surface area contributed by atoms with Crippen molar-refractivity contribution < 1.29 is 24.7 Å². The van der Waals surface area contributed by atoms with Gasteiger partial charge in [0.2, 0.25) is 0 Å². The fraction of sp³-hybridized carbons (Fsp3) is 0.308. The molecule has 0 radical (unpaired) electrons. The molecule has 0 spiro atoms. The van der Waals surface area contributed by atoms with Gasteiger partial charge in [0, 0.05) is 22.8 Å². The summed E-state index contributed by atoms with van der Waals surface area (Å²) in [5.74, 6) is -1.52. The number of hydrogen-bond acceptors (Lipinski definition) is 8. The molecular weight excluding hydrogens is 326 g/mol. The van der Waals surface area contributed by atoms with E-state index in [2.05, 4.69) is 0 Å². The second-order valence-corrected chi connectivity index (χ2v) is 5.38. The minimum absolute atomic E-state index is 0.163. The lowest BCUT2D eigenvalue weighted by Crippen LogP contribution is -2.66. The molecule has 3 unspecified atom stereocenters. The highest BCUT2D eigenvalue weighted by Crippen LogP contribution is 2.40. The lowest BCUT2D eigenvalue weighted by atomic mass is 9.70. The van der Waals surface area contributed by atoms with E-state index in [0.29, 0.717) is 13.0 Å². The van der Waals surface area contributed by atoms with E-state index in [4.69, 9.17) is 0 Å². The second kappa shape index (κ2) is 5.45. The van der Waals surface area contributed by atoms with Crippen LogP contribution in [-0.2, 0) is 10.4 Å². The van der Waals surface area contributed by atoms with Gasteiger partial charge in [0.25, 0.3) is 5.78 Å². The van der Waals surface area contributed by atoms with E-state index in [1.807, 2.05) is 0 Å². The van der Waals surface area contributed by atoms with E-state index in [0.717, 1.165) is 0 Å². The number of nitro groups is 3. The Morgan fingerprint density at radius 1 is 1.08 bits per heavy atom. The van der Waals surface area contributed by atoms with E-state index >= 15 is 0 Å². The van der Waals surface area contributed by atoms with E-state index in [1.165, 1.54) is 30.3 Å². The SMILES string of the molecule is CC1([N+](=O)[O-])C(=O)C(O)(c2ccccc2)C=C([N+](=O)[O-])C1[N+](=O)[O-]. The van der Waals surface area contributed by atoms with Crippen LogP contribution in [0.3, 0.4) is 0 Å². The number of Topliss-reactive ketones (excluding diaryl/α,β-unsaturated/α-hetero) is 1. The van der Waals surface area contributed by atoms with Crippen molar-refractivity contribution in [1.29, 1.82) is 0 Å². The topological polar surface area (TPSA) is 167 Å². The van der Waals surface area contributed by atoms with Gasteiger partial charge in [-0.05, 0) is 5.56 Å². The average molecular weight is 337 g/mol. The highest BCUT2D eigenvalue weighted by Gasteiger charge is 2.73. The zero-order valence-electron chi connectivity index (χ0n) is 12.2. The Bertz CT molecular complexity index is 777. The number of benzene rings is 1. The minimum Gasteiger partial charge on any atom is -0.373 e. The Kier molecular flexibility index (Phi) is 3.90. The third kappa shape index (κ3) is 2.22. The lowest BCUT2D eigenvalue weighted by molar-refractivity contribution is -0.648. The molecule has 1 aromatic carbocycles. The highest BCUT2D eigenvalue weighted by molar-refractivity contribution is 5.99. The molecule has 11 heteroatoms. The monoisotopic (exact) mass is 337 g/mol. The van der Waals surface area contributed by atoms with Crippen molar-refractivity contribution in [2.24, 2.45) is 0 Å². The normalized spacial score (nSPS) is 29.7. The number of rotatable bonds is 4. The van der Waals surface area contributed by atoms with Crippen molar-refractivity contribution >= 4 is 5.78 Å². The summed E-state index contributed by atoms with van der Waals surface area (Å²) in [6, 6.07) is 4.29. The van der Waals surface area contributed by atoms with Gasteiger partial charge in [-0.3, -0.25) is 35.1 Å². The van der Waals surface area contributed by atoms with Crippen molar-refractivity contribution in [3.05, 3.63) is 78.0 Å². The molecule has 0 saturated carbocycles. The van der Waals surface area contributed by atoms with Crippen LogP contribution in [0.2, 0.25) is 0 Å². The molecule has 0 bridgehead atoms. The quantitative estimate of drug-likeness (QED) is 0.604. The Labute approximate surface area is 133 Å². The first-order valence-corrected chi connectivity index (χ1v) is 6.54. The van der Waals surface area contributed by atoms with Gasteiger partial charge in [0.1, 0.15) is 0 Å². The van der Waals surface area contributed by atoms with Crippen molar-refractivity contribution in [2.75, 3.05) is 0 Å². The number of nitrogens with zero attached hydrogens (tertiary/aromatic N) is 3. The van der Waals surface area contributed by atoms with Gasteiger partial charge in [0.15, 0.2) is 5.60 Å². The summed E-state index contributed by atoms with van der Waals surface area (Å²) in [6.07, 6.45) is 0.406. The van der Waals surface area contributed by atoms with Gasteiger partial charge in [-0.25, -0.2) is 0 Å². The molecule has 0 aliphatic heterocycles. The summed E-state index contributed by atoms with van der Waals surface area (Å²) in [5, 5.41) is 44.5.